The third-order valence-corrected chi connectivity index (χ3v) is 3.73. The van der Waals surface area contributed by atoms with E-state index in [2.05, 4.69) is 40.9 Å². The second-order valence-corrected chi connectivity index (χ2v) is 5.37. The number of carbonyl (C=O) groups is 1. The minimum Gasteiger partial charge on any atom is -0.366 e. The first kappa shape index (κ1) is 14.0. The summed E-state index contributed by atoms with van der Waals surface area (Å²) in [6.07, 6.45) is -0.407. The molecule has 0 bridgehead atoms. The molecule has 0 spiro atoms. The van der Waals surface area contributed by atoms with Gasteiger partial charge in [0.25, 0.3) is 5.91 Å². The Morgan fingerprint density at radius 2 is 2.43 bits per heavy atom. The maximum atomic E-state index is 12.1. The molecule has 2 N–H and O–H groups in total. The molecule has 1 aromatic carbocycles. The highest BCUT2D eigenvalue weighted by Gasteiger charge is 2.21. The fourth-order valence-corrected chi connectivity index (χ4v) is 2.60. The molecule has 0 radical (unpaired) electrons. The Hall–Kier alpha value is -1.92. The normalized spacial score (nSPS) is 18.9. The second kappa shape index (κ2) is 5.83. The van der Waals surface area contributed by atoms with Gasteiger partial charge in [0.05, 0.1) is 24.4 Å². The van der Waals surface area contributed by atoms with E-state index >= 15 is 0 Å². The minimum atomic E-state index is -0.407. The van der Waals surface area contributed by atoms with E-state index in [0.717, 1.165) is 23.1 Å². The number of hydrogen-bond acceptors (Lipinski definition) is 4. The molecule has 1 aromatic heterocycles. The molecule has 1 atom stereocenters. The topological polar surface area (TPSA) is 68.2 Å². The third kappa shape index (κ3) is 2.91. The molecule has 3 rings (SSSR count). The van der Waals surface area contributed by atoms with Crippen LogP contribution in [0.1, 0.15) is 11.3 Å². The SMILES string of the molecule is Cc1ccc2c(c1)c(CNC(=O)[C@H]1CNCCO1)nn2C. The molecule has 0 saturated carbocycles. The maximum Gasteiger partial charge on any atom is 0.250 e. The summed E-state index contributed by atoms with van der Waals surface area (Å²) in [7, 11) is 1.91. The van der Waals surface area contributed by atoms with Crippen LogP contribution in [0.5, 0.6) is 0 Å². The molecule has 2 aromatic rings. The lowest BCUT2D eigenvalue weighted by Crippen LogP contribution is -2.47. The monoisotopic (exact) mass is 288 g/mol. The standard InChI is InChI=1S/C15H20N4O2/c1-10-3-4-13-11(7-10)12(18-19(13)2)8-17-15(20)14-9-16-5-6-21-14/h3-4,7,14,16H,5-6,8-9H2,1-2H3,(H,17,20)/t14-/m1/s1. The second-order valence-electron chi connectivity index (χ2n) is 5.37. The lowest BCUT2D eigenvalue weighted by atomic mass is 10.1. The van der Waals surface area contributed by atoms with Gasteiger partial charge in [-0.2, -0.15) is 5.10 Å². The van der Waals surface area contributed by atoms with Crippen LogP contribution in [-0.2, 0) is 23.1 Å². The van der Waals surface area contributed by atoms with Gasteiger partial charge in [-0.1, -0.05) is 11.6 Å². The Kier molecular flexibility index (Phi) is 3.90. The Morgan fingerprint density at radius 1 is 1.57 bits per heavy atom. The lowest BCUT2D eigenvalue weighted by molar-refractivity contribution is -0.134. The van der Waals surface area contributed by atoms with Gasteiger partial charge in [-0.3, -0.25) is 9.48 Å². The Balaban J connectivity index is 1.73. The molecular weight excluding hydrogens is 268 g/mol. The van der Waals surface area contributed by atoms with Crippen LogP contribution in [-0.4, -0.2) is 41.5 Å². The molecule has 1 amide bonds. The number of hydrogen-bond donors (Lipinski definition) is 2. The van der Waals surface area contributed by atoms with Crippen molar-refractivity contribution < 1.29 is 9.53 Å². The van der Waals surface area contributed by atoms with Gasteiger partial charge in [-0.05, 0) is 19.1 Å². The maximum absolute atomic E-state index is 12.1. The van der Waals surface area contributed by atoms with Crippen LogP contribution in [0.3, 0.4) is 0 Å². The highest BCUT2D eigenvalue weighted by Crippen LogP contribution is 2.19. The summed E-state index contributed by atoms with van der Waals surface area (Å²) in [5.41, 5.74) is 3.14. The predicted octanol–water partition coefficient (Wildman–Crippen LogP) is 0.486. The molecule has 1 aliphatic heterocycles. The first-order chi connectivity index (χ1) is 10.1. The van der Waals surface area contributed by atoms with Gasteiger partial charge in [0.1, 0.15) is 6.10 Å². The molecule has 6 nitrogen and oxygen atoms in total. The van der Waals surface area contributed by atoms with Gasteiger partial charge in [-0.25, -0.2) is 0 Å². The summed E-state index contributed by atoms with van der Waals surface area (Å²) in [6, 6.07) is 6.22. The van der Waals surface area contributed by atoms with Crippen molar-refractivity contribution in [2.75, 3.05) is 19.7 Å². The number of aromatic nitrogens is 2. The van der Waals surface area contributed by atoms with Crippen LogP contribution >= 0.6 is 0 Å². The minimum absolute atomic E-state index is 0.0892. The first-order valence-electron chi connectivity index (χ1n) is 7.17. The smallest absolute Gasteiger partial charge is 0.250 e. The number of nitrogens with one attached hydrogen (secondary N) is 2. The number of ether oxygens (including phenoxy) is 1. The molecular formula is C15H20N4O2. The molecule has 1 saturated heterocycles. The zero-order valence-corrected chi connectivity index (χ0v) is 12.3. The van der Waals surface area contributed by atoms with Gasteiger partial charge < -0.3 is 15.4 Å². The highest BCUT2D eigenvalue weighted by molar-refractivity contribution is 5.84. The number of morpholine rings is 1. The molecule has 0 unspecified atom stereocenters. The summed E-state index contributed by atoms with van der Waals surface area (Å²) in [5, 5.41) is 11.6. The van der Waals surface area contributed by atoms with E-state index in [4.69, 9.17) is 4.74 Å². The summed E-state index contributed by atoms with van der Waals surface area (Å²) in [4.78, 5) is 12.1. The van der Waals surface area contributed by atoms with E-state index in [1.165, 1.54) is 5.56 Å². The van der Waals surface area contributed by atoms with Crippen LogP contribution in [0.25, 0.3) is 10.9 Å². The molecule has 21 heavy (non-hydrogen) atoms. The van der Waals surface area contributed by atoms with E-state index in [9.17, 15) is 4.79 Å². The van der Waals surface area contributed by atoms with Crippen molar-refractivity contribution >= 4 is 16.8 Å². The van der Waals surface area contributed by atoms with Crippen LogP contribution < -0.4 is 10.6 Å². The summed E-state index contributed by atoms with van der Waals surface area (Å²) in [5.74, 6) is -0.0892. The third-order valence-electron chi connectivity index (χ3n) is 3.73. The van der Waals surface area contributed by atoms with Crippen molar-refractivity contribution in [2.24, 2.45) is 7.05 Å². The fraction of sp³-hybridized carbons (Fsp3) is 0.467. The van der Waals surface area contributed by atoms with E-state index < -0.39 is 6.10 Å². The van der Waals surface area contributed by atoms with Crippen LogP contribution in [0.4, 0.5) is 0 Å². The van der Waals surface area contributed by atoms with E-state index in [1.807, 2.05) is 11.7 Å². The number of carbonyl (C=O) groups excluding carboxylic acids is 1. The zero-order chi connectivity index (χ0) is 14.8. The number of nitrogens with zero attached hydrogens (tertiary/aromatic N) is 2. The van der Waals surface area contributed by atoms with E-state index in [1.54, 1.807) is 0 Å². The number of rotatable bonds is 3. The van der Waals surface area contributed by atoms with Gasteiger partial charge >= 0.3 is 0 Å². The van der Waals surface area contributed by atoms with Gasteiger partial charge in [0, 0.05) is 25.5 Å². The van der Waals surface area contributed by atoms with Gasteiger partial charge in [0.15, 0.2) is 0 Å². The number of fused-ring (bicyclic) bond motifs is 1. The van der Waals surface area contributed by atoms with Crippen molar-refractivity contribution in [2.45, 2.75) is 19.6 Å². The molecule has 0 aliphatic carbocycles. The lowest BCUT2D eigenvalue weighted by Gasteiger charge is -2.22. The van der Waals surface area contributed by atoms with E-state index in [0.29, 0.717) is 19.7 Å². The Morgan fingerprint density at radius 3 is 3.19 bits per heavy atom. The Labute approximate surface area is 123 Å². The number of benzene rings is 1. The van der Waals surface area contributed by atoms with Crippen molar-refractivity contribution in [3.63, 3.8) is 0 Å². The van der Waals surface area contributed by atoms with Crippen molar-refractivity contribution in [3.05, 3.63) is 29.5 Å². The quantitative estimate of drug-likeness (QED) is 0.862. The number of aryl methyl sites for hydroxylation is 2. The zero-order valence-electron chi connectivity index (χ0n) is 12.3. The molecule has 1 aliphatic rings. The molecule has 1 fully saturated rings. The number of amides is 1. The molecule has 112 valence electrons. The van der Waals surface area contributed by atoms with Gasteiger partial charge in [-0.15, -0.1) is 0 Å². The highest BCUT2D eigenvalue weighted by atomic mass is 16.5. The van der Waals surface area contributed by atoms with Gasteiger partial charge in [0.2, 0.25) is 0 Å². The molecule has 2 heterocycles. The summed E-state index contributed by atoms with van der Waals surface area (Å²) < 4.78 is 7.28. The largest absolute Gasteiger partial charge is 0.366 e. The van der Waals surface area contributed by atoms with Crippen molar-refractivity contribution in [1.29, 1.82) is 0 Å². The van der Waals surface area contributed by atoms with Crippen LogP contribution in [0, 0.1) is 6.92 Å². The fourth-order valence-electron chi connectivity index (χ4n) is 2.60. The van der Waals surface area contributed by atoms with E-state index in [-0.39, 0.29) is 5.91 Å². The van der Waals surface area contributed by atoms with Crippen molar-refractivity contribution in [3.8, 4) is 0 Å². The average Bonchev–Trinajstić information content (AvgIpc) is 2.81. The molecule has 6 heteroatoms. The summed E-state index contributed by atoms with van der Waals surface area (Å²) in [6.45, 7) is 4.40. The Bertz CT molecular complexity index is 659. The average molecular weight is 288 g/mol. The van der Waals surface area contributed by atoms with Crippen LogP contribution in [0.2, 0.25) is 0 Å². The first-order valence-corrected chi connectivity index (χ1v) is 7.17. The predicted molar refractivity (Wildman–Crippen MR) is 79.9 cm³/mol. The summed E-state index contributed by atoms with van der Waals surface area (Å²) >= 11 is 0. The van der Waals surface area contributed by atoms with Crippen molar-refractivity contribution in [1.82, 2.24) is 20.4 Å². The van der Waals surface area contributed by atoms with Crippen LogP contribution in [0.15, 0.2) is 18.2 Å².